The number of rotatable bonds is 6. The quantitative estimate of drug-likeness (QED) is 0.653. The van der Waals surface area contributed by atoms with Gasteiger partial charge < -0.3 is 9.88 Å². The predicted octanol–water partition coefficient (Wildman–Crippen LogP) is 3.41. The van der Waals surface area contributed by atoms with Crippen LogP contribution >= 0.6 is 0 Å². The fourth-order valence-corrected chi connectivity index (χ4v) is 4.48. The lowest BCUT2D eigenvalue weighted by Gasteiger charge is -2.15. The van der Waals surface area contributed by atoms with Crippen molar-refractivity contribution in [1.82, 2.24) is 14.2 Å². The van der Waals surface area contributed by atoms with Gasteiger partial charge in [-0.05, 0) is 43.7 Å². The van der Waals surface area contributed by atoms with Crippen LogP contribution in [0.5, 0.6) is 0 Å². The highest BCUT2D eigenvalue weighted by atomic mass is 32.2. The van der Waals surface area contributed by atoms with Crippen LogP contribution in [0.2, 0.25) is 0 Å². The number of nitrogens with one attached hydrogen (secondary N) is 1. The molecule has 0 unspecified atom stereocenters. The Morgan fingerprint density at radius 1 is 1.07 bits per heavy atom. The zero-order chi connectivity index (χ0) is 22.1. The van der Waals surface area contributed by atoms with E-state index in [4.69, 9.17) is 0 Å². The Balaban J connectivity index is 1.88. The van der Waals surface area contributed by atoms with Gasteiger partial charge in [0, 0.05) is 32.0 Å². The van der Waals surface area contributed by atoms with Crippen molar-refractivity contribution in [3.63, 3.8) is 0 Å². The first-order valence-electron chi connectivity index (χ1n) is 9.37. The molecule has 0 saturated heterocycles. The van der Waals surface area contributed by atoms with Gasteiger partial charge in [0.05, 0.1) is 16.1 Å². The van der Waals surface area contributed by atoms with Crippen LogP contribution in [0.4, 0.5) is 4.39 Å². The van der Waals surface area contributed by atoms with Crippen LogP contribution in [-0.2, 0) is 16.6 Å². The van der Waals surface area contributed by atoms with Crippen LogP contribution in [0, 0.1) is 19.7 Å². The lowest BCUT2D eigenvalue weighted by molar-refractivity contribution is 0.0950. The summed E-state index contributed by atoms with van der Waals surface area (Å²) in [4.78, 5) is 13.0. The fraction of sp³-hybridized carbons (Fsp3) is 0.227. The van der Waals surface area contributed by atoms with Crippen molar-refractivity contribution in [3.8, 4) is 5.69 Å². The molecular weight excluding hydrogens is 405 g/mol. The average Bonchev–Trinajstić information content (AvgIpc) is 3.01. The number of nitrogens with zero attached hydrogens (tertiary/aromatic N) is 2. The average molecular weight is 430 g/mol. The highest BCUT2D eigenvalue weighted by Gasteiger charge is 2.22. The molecule has 30 heavy (non-hydrogen) atoms. The van der Waals surface area contributed by atoms with E-state index in [1.54, 1.807) is 60.9 Å². The summed E-state index contributed by atoms with van der Waals surface area (Å²) in [6.45, 7) is 3.60. The number of halogens is 1. The van der Waals surface area contributed by atoms with Crippen LogP contribution in [0.1, 0.15) is 27.3 Å². The molecule has 1 N–H and O–H groups in total. The number of hydrogen-bond acceptors (Lipinski definition) is 3. The highest BCUT2D eigenvalue weighted by molar-refractivity contribution is 7.89. The van der Waals surface area contributed by atoms with Crippen molar-refractivity contribution in [2.75, 3.05) is 14.1 Å². The van der Waals surface area contributed by atoms with Crippen molar-refractivity contribution in [1.29, 1.82) is 0 Å². The van der Waals surface area contributed by atoms with Gasteiger partial charge in [-0.15, -0.1) is 0 Å². The molecule has 1 amide bonds. The zero-order valence-corrected chi connectivity index (χ0v) is 18.1. The van der Waals surface area contributed by atoms with E-state index < -0.39 is 10.0 Å². The number of benzene rings is 2. The summed E-state index contributed by atoms with van der Waals surface area (Å²) in [5.74, 6) is -0.739. The van der Waals surface area contributed by atoms with E-state index >= 15 is 0 Å². The van der Waals surface area contributed by atoms with E-state index in [9.17, 15) is 17.6 Å². The molecule has 1 heterocycles. The summed E-state index contributed by atoms with van der Waals surface area (Å²) < 4.78 is 42.1. The Kier molecular flexibility index (Phi) is 6.09. The normalized spacial score (nSPS) is 11.7. The number of aryl methyl sites for hydroxylation is 1. The molecule has 3 aromatic rings. The largest absolute Gasteiger partial charge is 0.348 e. The lowest BCUT2D eigenvalue weighted by atomic mass is 10.2. The van der Waals surface area contributed by atoms with E-state index in [2.05, 4.69) is 5.32 Å². The summed E-state index contributed by atoms with van der Waals surface area (Å²) in [5, 5.41) is 2.79. The molecule has 0 aliphatic rings. The Morgan fingerprint density at radius 2 is 1.70 bits per heavy atom. The smallest absolute Gasteiger partial charge is 0.253 e. The number of carbonyl (C=O) groups is 1. The minimum atomic E-state index is -3.64. The topological polar surface area (TPSA) is 71.4 Å². The van der Waals surface area contributed by atoms with Crippen LogP contribution in [0.25, 0.3) is 5.69 Å². The third-order valence-corrected chi connectivity index (χ3v) is 6.86. The van der Waals surface area contributed by atoms with Crippen molar-refractivity contribution >= 4 is 15.9 Å². The van der Waals surface area contributed by atoms with Crippen LogP contribution in [0.3, 0.4) is 0 Å². The van der Waals surface area contributed by atoms with E-state index in [1.807, 2.05) is 0 Å². The molecule has 158 valence electrons. The molecule has 0 spiro atoms. The van der Waals surface area contributed by atoms with Crippen molar-refractivity contribution in [2.24, 2.45) is 0 Å². The van der Waals surface area contributed by atoms with E-state index in [0.717, 1.165) is 10.00 Å². The summed E-state index contributed by atoms with van der Waals surface area (Å²) in [6, 6.07) is 14.6. The first kappa shape index (κ1) is 21.7. The maximum atomic E-state index is 14.3. The van der Waals surface area contributed by atoms with Crippen molar-refractivity contribution in [3.05, 3.63) is 82.9 Å². The van der Waals surface area contributed by atoms with Crippen LogP contribution in [-0.4, -0.2) is 37.3 Å². The zero-order valence-electron chi connectivity index (χ0n) is 17.3. The third-order valence-electron chi connectivity index (χ3n) is 4.94. The Labute approximate surface area is 176 Å². The fourth-order valence-electron chi connectivity index (χ4n) is 3.37. The monoisotopic (exact) mass is 429 g/mol. The molecule has 0 radical (unpaired) electrons. The third kappa shape index (κ3) is 4.01. The molecule has 8 heteroatoms. The molecule has 0 aliphatic heterocycles. The van der Waals surface area contributed by atoms with Gasteiger partial charge in [-0.3, -0.25) is 4.79 Å². The minimum Gasteiger partial charge on any atom is -0.348 e. The summed E-state index contributed by atoms with van der Waals surface area (Å²) in [6.07, 6.45) is 0. The first-order valence-corrected chi connectivity index (χ1v) is 10.8. The molecule has 0 saturated carbocycles. The standard InChI is InChI=1S/C22H24FN3O3S/c1-15-13-18(16(2)26(15)20-11-7-6-10-19(20)23)22(27)24-14-17-9-5-8-12-21(17)30(28,29)25(3)4/h5-13H,14H2,1-4H3,(H,24,27). The van der Waals surface area contributed by atoms with E-state index in [0.29, 0.717) is 22.5 Å². The molecule has 0 atom stereocenters. The number of amides is 1. The number of aromatic nitrogens is 1. The van der Waals surface area contributed by atoms with E-state index in [-0.39, 0.29) is 23.2 Å². The Bertz CT molecular complexity index is 1200. The molecule has 0 bridgehead atoms. The van der Waals surface area contributed by atoms with Gasteiger partial charge in [0.15, 0.2) is 0 Å². The minimum absolute atomic E-state index is 0.0471. The van der Waals surface area contributed by atoms with Crippen LogP contribution in [0.15, 0.2) is 59.5 Å². The predicted molar refractivity (Wildman–Crippen MR) is 114 cm³/mol. The number of carbonyl (C=O) groups excluding carboxylic acids is 1. The maximum Gasteiger partial charge on any atom is 0.253 e. The second-order valence-electron chi connectivity index (χ2n) is 7.15. The van der Waals surface area contributed by atoms with Gasteiger partial charge in [-0.1, -0.05) is 30.3 Å². The van der Waals surface area contributed by atoms with Gasteiger partial charge in [-0.25, -0.2) is 17.1 Å². The number of para-hydroxylation sites is 1. The van der Waals surface area contributed by atoms with Gasteiger partial charge >= 0.3 is 0 Å². The Morgan fingerprint density at radius 3 is 2.37 bits per heavy atom. The van der Waals surface area contributed by atoms with Crippen molar-refractivity contribution in [2.45, 2.75) is 25.3 Å². The summed E-state index contributed by atoms with van der Waals surface area (Å²) in [7, 11) is -0.714. The van der Waals surface area contributed by atoms with Gasteiger partial charge in [0.2, 0.25) is 10.0 Å². The van der Waals surface area contributed by atoms with Crippen molar-refractivity contribution < 1.29 is 17.6 Å². The highest BCUT2D eigenvalue weighted by Crippen LogP contribution is 2.23. The molecule has 2 aromatic carbocycles. The van der Waals surface area contributed by atoms with Gasteiger partial charge in [0.1, 0.15) is 5.82 Å². The number of hydrogen-bond donors (Lipinski definition) is 1. The van der Waals surface area contributed by atoms with Crippen LogP contribution < -0.4 is 5.32 Å². The molecule has 0 fully saturated rings. The molecular formula is C22H24FN3O3S. The van der Waals surface area contributed by atoms with Gasteiger partial charge in [-0.2, -0.15) is 0 Å². The molecule has 6 nitrogen and oxygen atoms in total. The second-order valence-corrected chi connectivity index (χ2v) is 9.27. The molecule has 3 rings (SSSR count). The first-order chi connectivity index (χ1) is 14.1. The SMILES string of the molecule is Cc1cc(C(=O)NCc2ccccc2S(=O)(=O)N(C)C)c(C)n1-c1ccccc1F. The summed E-state index contributed by atoms with van der Waals surface area (Å²) >= 11 is 0. The molecule has 0 aliphatic carbocycles. The second kappa shape index (κ2) is 8.41. The van der Waals surface area contributed by atoms with Gasteiger partial charge in [0.25, 0.3) is 5.91 Å². The maximum absolute atomic E-state index is 14.3. The van der Waals surface area contributed by atoms with E-state index in [1.165, 1.54) is 26.2 Å². The summed E-state index contributed by atoms with van der Waals surface area (Å²) in [5.41, 5.74) is 2.59. The lowest BCUT2D eigenvalue weighted by Crippen LogP contribution is -2.27. The number of sulfonamides is 1. The Hall–Kier alpha value is -2.97. The molecule has 1 aromatic heterocycles.